The van der Waals surface area contributed by atoms with E-state index in [1.807, 2.05) is 48.7 Å². The molecule has 3 atom stereocenters. The minimum Gasteiger partial charge on any atom is -0.465 e. The molecule has 1 aliphatic carbocycles. The van der Waals surface area contributed by atoms with Gasteiger partial charge in [0.1, 0.15) is 11.6 Å². The number of aromatic nitrogens is 3. The van der Waals surface area contributed by atoms with E-state index in [0.29, 0.717) is 18.5 Å². The number of carboxylic acid groups (broad SMARTS) is 1. The van der Waals surface area contributed by atoms with Crippen LogP contribution in [-0.4, -0.2) is 49.9 Å². The summed E-state index contributed by atoms with van der Waals surface area (Å²) in [6.45, 7) is 0.595. The highest BCUT2D eigenvalue weighted by Crippen LogP contribution is 2.40. The van der Waals surface area contributed by atoms with Crippen molar-refractivity contribution in [2.45, 2.75) is 43.7 Å². The summed E-state index contributed by atoms with van der Waals surface area (Å²) >= 11 is 0. The van der Waals surface area contributed by atoms with Gasteiger partial charge in [-0.15, -0.1) is 0 Å². The molecule has 2 aliphatic rings. The van der Waals surface area contributed by atoms with Crippen molar-refractivity contribution in [3.63, 3.8) is 0 Å². The van der Waals surface area contributed by atoms with Gasteiger partial charge in [0.25, 0.3) is 0 Å². The van der Waals surface area contributed by atoms with Gasteiger partial charge in [-0.1, -0.05) is 48.5 Å². The number of benzene rings is 2. The zero-order valence-electron chi connectivity index (χ0n) is 21.3. The normalized spacial score (nSPS) is 20.2. The van der Waals surface area contributed by atoms with E-state index in [4.69, 9.17) is 5.73 Å². The summed E-state index contributed by atoms with van der Waals surface area (Å²) in [5, 5.41) is 11.9. The number of rotatable bonds is 6. The van der Waals surface area contributed by atoms with Crippen molar-refractivity contribution in [3.05, 3.63) is 89.6 Å². The fourth-order valence-corrected chi connectivity index (χ4v) is 5.99. The fourth-order valence-electron chi connectivity index (χ4n) is 5.99. The number of hydrogen-bond donors (Lipinski definition) is 4. The predicted molar refractivity (Wildman–Crippen MR) is 146 cm³/mol. The Morgan fingerprint density at radius 2 is 1.74 bits per heavy atom. The van der Waals surface area contributed by atoms with Crippen LogP contribution in [-0.2, 0) is 17.8 Å². The van der Waals surface area contributed by atoms with Gasteiger partial charge in [0.2, 0.25) is 0 Å². The van der Waals surface area contributed by atoms with E-state index >= 15 is 0 Å². The second kappa shape index (κ2) is 9.99. The molecule has 0 bridgehead atoms. The zero-order valence-corrected chi connectivity index (χ0v) is 21.3. The molecular formula is C30H29N5O4. The first-order valence-electron chi connectivity index (χ1n) is 13.1. The molecule has 9 nitrogen and oxygen atoms in total. The highest BCUT2D eigenvalue weighted by Gasteiger charge is 2.41. The number of aryl methyl sites for hydroxylation is 1. The molecule has 9 heteroatoms. The molecule has 2 aromatic heterocycles. The number of Topliss-reactive ketones (excluding diaryl/α,β-unsaturated/α-hetero) is 2. The van der Waals surface area contributed by atoms with Crippen molar-refractivity contribution in [2.24, 2.45) is 5.73 Å². The van der Waals surface area contributed by atoms with Crippen LogP contribution in [0.25, 0.3) is 22.4 Å². The highest BCUT2D eigenvalue weighted by molar-refractivity contribution is 5.97. The summed E-state index contributed by atoms with van der Waals surface area (Å²) in [4.78, 5) is 44.7. The molecule has 1 aliphatic heterocycles. The molecule has 0 saturated heterocycles. The van der Waals surface area contributed by atoms with E-state index < -0.39 is 18.1 Å². The standard InChI is InChI=1S/C30H29N5O4/c31-14-26(37)20-7-3-18(4-8-20)17-1-5-19(6-2-17)24-15-32-29(33-24)22-13-25(36)27-23(34-30(38)39)10-9-21-11-12-35(16-22)28(21)27/h1-8,11-12,15,22-23,27,34H,9-10,13-14,16,31H2,(H,32,33)(H,38,39)/t22-,23-,27?/m0/s1. The molecule has 0 saturated carbocycles. The Labute approximate surface area is 225 Å². The maximum Gasteiger partial charge on any atom is 0.404 e. The van der Waals surface area contributed by atoms with Crippen LogP contribution in [0, 0.1) is 0 Å². The summed E-state index contributed by atoms with van der Waals surface area (Å²) < 4.78 is 2.11. The van der Waals surface area contributed by atoms with Crippen molar-refractivity contribution in [2.75, 3.05) is 6.54 Å². The van der Waals surface area contributed by atoms with E-state index in [0.717, 1.165) is 45.9 Å². The van der Waals surface area contributed by atoms with Crippen molar-refractivity contribution < 1.29 is 19.5 Å². The summed E-state index contributed by atoms with van der Waals surface area (Å²) in [5.74, 6) is 0.0722. The molecular weight excluding hydrogens is 494 g/mol. The molecule has 198 valence electrons. The molecule has 2 aromatic carbocycles. The number of nitrogens with one attached hydrogen (secondary N) is 2. The lowest BCUT2D eigenvalue weighted by Gasteiger charge is -2.31. The Morgan fingerprint density at radius 3 is 2.44 bits per heavy atom. The average Bonchev–Trinajstić information content (AvgIpc) is 3.56. The zero-order chi connectivity index (χ0) is 27.1. The predicted octanol–water partition coefficient (Wildman–Crippen LogP) is 4.11. The smallest absolute Gasteiger partial charge is 0.404 e. The van der Waals surface area contributed by atoms with Gasteiger partial charge in [-0.3, -0.25) is 9.59 Å². The topological polar surface area (TPSA) is 143 Å². The summed E-state index contributed by atoms with van der Waals surface area (Å²) in [5.41, 5.74) is 12.0. The van der Waals surface area contributed by atoms with Gasteiger partial charge < -0.3 is 25.7 Å². The fraction of sp³-hybridized carbons (Fsp3) is 0.267. The second-order valence-electron chi connectivity index (χ2n) is 10.3. The van der Waals surface area contributed by atoms with Gasteiger partial charge in [0.15, 0.2) is 5.78 Å². The Kier molecular flexibility index (Phi) is 6.36. The molecule has 0 spiro atoms. The van der Waals surface area contributed by atoms with Gasteiger partial charge in [-0.25, -0.2) is 9.78 Å². The van der Waals surface area contributed by atoms with Gasteiger partial charge >= 0.3 is 6.09 Å². The van der Waals surface area contributed by atoms with Crippen LogP contribution < -0.4 is 11.1 Å². The van der Waals surface area contributed by atoms with Gasteiger partial charge in [0, 0.05) is 42.4 Å². The first kappa shape index (κ1) is 24.8. The Hall–Kier alpha value is -4.50. The van der Waals surface area contributed by atoms with Crippen LogP contribution in [0.1, 0.15) is 52.1 Å². The number of imidazole rings is 1. The Bertz CT molecular complexity index is 1550. The Balaban J connectivity index is 1.22. The number of hydrogen-bond acceptors (Lipinski definition) is 5. The van der Waals surface area contributed by atoms with E-state index in [2.05, 4.69) is 19.9 Å². The molecule has 1 unspecified atom stereocenters. The van der Waals surface area contributed by atoms with Gasteiger partial charge in [-0.05, 0) is 41.2 Å². The molecule has 39 heavy (non-hydrogen) atoms. The van der Waals surface area contributed by atoms with Crippen LogP contribution in [0.3, 0.4) is 0 Å². The van der Waals surface area contributed by atoms with E-state index in [1.165, 1.54) is 0 Å². The summed E-state index contributed by atoms with van der Waals surface area (Å²) in [6.07, 6.45) is 4.35. The lowest BCUT2D eigenvalue weighted by molar-refractivity contribution is -0.121. The second-order valence-corrected chi connectivity index (χ2v) is 10.3. The quantitative estimate of drug-likeness (QED) is 0.280. The lowest BCUT2D eigenvalue weighted by atomic mass is 9.79. The van der Waals surface area contributed by atoms with E-state index in [-0.39, 0.29) is 30.4 Å². The lowest BCUT2D eigenvalue weighted by Crippen LogP contribution is -2.44. The van der Waals surface area contributed by atoms with Gasteiger partial charge in [-0.2, -0.15) is 0 Å². The molecule has 5 N–H and O–H groups in total. The third-order valence-corrected chi connectivity index (χ3v) is 7.94. The van der Waals surface area contributed by atoms with Crippen LogP contribution in [0.2, 0.25) is 0 Å². The number of carbonyl (C=O) groups is 3. The van der Waals surface area contributed by atoms with Crippen LogP contribution >= 0.6 is 0 Å². The average molecular weight is 524 g/mol. The molecule has 4 aromatic rings. The largest absolute Gasteiger partial charge is 0.465 e. The van der Waals surface area contributed by atoms with E-state index in [9.17, 15) is 19.5 Å². The number of H-pyrrole nitrogens is 1. The third kappa shape index (κ3) is 4.66. The van der Waals surface area contributed by atoms with Crippen molar-refractivity contribution in [1.29, 1.82) is 0 Å². The van der Waals surface area contributed by atoms with Crippen molar-refractivity contribution in [1.82, 2.24) is 19.9 Å². The first-order chi connectivity index (χ1) is 18.9. The maximum atomic E-state index is 13.5. The number of nitrogens with two attached hydrogens (primary N) is 1. The van der Waals surface area contributed by atoms with Crippen LogP contribution in [0.15, 0.2) is 67.0 Å². The number of nitrogens with zero attached hydrogens (tertiary/aromatic N) is 2. The van der Waals surface area contributed by atoms with E-state index in [1.54, 1.807) is 18.3 Å². The molecule has 0 fully saturated rings. The monoisotopic (exact) mass is 523 g/mol. The number of aromatic amines is 1. The third-order valence-electron chi connectivity index (χ3n) is 7.94. The minimum atomic E-state index is -1.10. The number of ketones is 2. The van der Waals surface area contributed by atoms with Gasteiger partial charge in [0.05, 0.1) is 24.4 Å². The summed E-state index contributed by atoms with van der Waals surface area (Å²) in [7, 11) is 0. The Morgan fingerprint density at radius 1 is 1.05 bits per heavy atom. The SMILES string of the molecule is NCC(=O)c1ccc(-c2ccc(-c3cnc([C@H]4CC(=O)C5c6c(ccn6C4)CC[C@@H]5NC(=O)O)[nH]3)cc2)cc1. The molecule has 1 amide bonds. The maximum absolute atomic E-state index is 13.5. The molecule has 3 heterocycles. The minimum absolute atomic E-state index is 0.00804. The van der Waals surface area contributed by atoms with Crippen molar-refractivity contribution in [3.8, 4) is 22.4 Å². The molecule has 0 radical (unpaired) electrons. The first-order valence-corrected chi connectivity index (χ1v) is 13.1. The number of carbonyl (C=O) groups excluding carboxylic acids is 2. The number of amides is 1. The highest BCUT2D eigenvalue weighted by atomic mass is 16.4. The summed E-state index contributed by atoms with van der Waals surface area (Å²) in [6, 6.07) is 17.1. The van der Waals surface area contributed by atoms with Crippen LogP contribution in [0.5, 0.6) is 0 Å². The molecule has 6 rings (SSSR count). The van der Waals surface area contributed by atoms with Crippen molar-refractivity contribution >= 4 is 17.7 Å². The van der Waals surface area contributed by atoms with Crippen LogP contribution in [0.4, 0.5) is 4.79 Å².